The molecule has 0 saturated carbocycles. The first-order valence-corrected chi connectivity index (χ1v) is 7.51. The Kier molecular flexibility index (Phi) is 1.60. The van der Waals surface area contributed by atoms with Gasteiger partial charge in [-0.15, -0.1) is 0 Å². The summed E-state index contributed by atoms with van der Waals surface area (Å²) >= 11 is 0. The minimum atomic E-state index is 0.166. The SMILES string of the molecule is O=c1c2cccc3cc4ccc5cccc6cc1c(c32)c4c56. The van der Waals surface area contributed by atoms with Crippen LogP contribution < -0.4 is 5.43 Å². The first-order valence-electron chi connectivity index (χ1n) is 7.51. The molecule has 1 nitrogen and oxygen atoms in total. The molecule has 1 heteroatoms. The molecule has 100 valence electrons. The van der Waals surface area contributed by atoms with Crippen LogP contribution in [0.15, 0.2) is 65.5 Å². The molecule has 0 heterocycles. The van der Waals surface area contributed by atoms with Crippen molar-refractivity contribution in [2.45, 2.75) is 0 Å². The summed E-state index contributed by atoms with van der Waals surface area (Å²) in [6.07, 6.45) is 0. The predicted octanol–water partition coefficient (Wildman–Crippen LogP) is 5.13. The predicted molar refractivity (Wildman–Crippen MR) is 93.8 cm³/mol. The van der Waals surface area contributed by atoms with Crippen LogP contribution in [0.5, 0.6) is 0 Å². The lowest BCUT2D eigenvalue weighted by atomic mass is 9.91. The van der Waals surface area contributed by atoms with E-state index in [1.165, 1.54) is 21.5 Å². The number of hydrogen-bond acceptors (Lipinski definition) is 1. The van der Waals surface area contributed by atoms with Gasteiger partial charge < -0.3 is 0 Å². The van der Waals surface area contributed by atoms with Gasteiger partial charge in [0.25, 0.3) is 0 Å². The average Bonchev–Trinajstić information content (AvgIpc) is 2.85. The van der Waals surface area contributed by atoms with Crippen LogP contribution in [-0.2, 0) is 0 Å². The van der Waals surface area contributed by atoms with E-state index < -0.39 is 0 Å². The summed E-state index contributed by atoms with van der Waals surface area (Å²) < 4.78 is 0. The van der Waals surface area contributed by atoms with Crippen molar-refractivity contribution in [1.82, 2.24) is 0 Å². The van der Waals surface area contributed by atoms with Crippen LogP contribution in [-0.4, -0.2) is 0 Å². The fraction of sp³-hybridized carbons (Fsp3) is 0. The number of benzene rings is 5. The van der Waals surface area contributed by atoms with Gasteiger partial charge in [0.2, 0.25) is 0 Å². The minimum absolute atomic E-state index is 0.166. The lowest BCUT2D eigenvalue weighted by molar-refractivity contribution is 1.82. The molecule has 0 spiro atoms. The zero-order valence-electron chi connectivity index (χ0n) is 11.7. The van der Waals surface area contributed by atoms with Gasteiger partial charge in [-0.1, -0.05) is 48.5 Å². The van der Waals surface area contributed by atoms with Gasteiger partial charge in [-0.2, -0.15) is 0 Å². The fourth-order valence-electron chi connectivity index (χ4n) is 4.21. The lowest BCUT2D eigenvalue weighted by Gasteiger charge is -2.12. The van der Waals surface area contributed by atoms with Crippen molar-refractivity contribution >= 4 is 53.9 Å². The van der Waals surface area contributed by atoms with Crippen molar-refractivity contribution in [3.8, 4) is 0 Å². The largest absolute Gasteiger partial charge is 0.289 e. The van der Waals surface area contributed by atoms with Gasteiger partial charge in [0.15, 0.2) is 5.43 Å². The summed E-state index contributed by atoms with van der Waals surface area (Å²) in [5, 5.41) is 11.3. The fourth-order valence-corrected chi connectivity index (χ4v) is 4.21. The lowest BCUT2D eigenvalue weighted by Crippen LogP contribution is -1.93. The zero-order chi connectivity index (χ0) is 14.4. The highest BCUT2D eigenvalue weighted by Gasteiger charge is 2.19. The standard InChI is InChI=1S/C21H10O/c22-21-15-6-2-5-12-9-14-8-7-11-3-1-4-13-10-16(21)20(18(12)15)19(14)17(11)13/h1-10H. The Morgan fingerprint density at radius 1 is 0.500 bits per heavy atom. The van der Waals surface area contributed by atoms with E-state index in [0.717, 1.165) is 32.3 Å². The summed E-state index contributed by atoms with van der Waals surface area (Å²) in [4.78, 5) is 12.8. The highest BCUT2D eigenvalue weighted by molar-refractivity contribution is 6.37. The second kappa shape index (κ2) is 3.28. The molecule has 0 bridgehead atoms. The molecule has 0 aliphatic rings. The van der Waals surface area contributed by atoms with E-state index in [0.29, 0.717) is 0 Å². The van der Waals surface area contributed by atoms with E-state index >= 15 is 0 Å². The molecule has 0 amide bonds. The van der Waals surface area contributed by atoms with E-state index in [2.05, 4.69) is 48.5 Å². The highest BCUT2D eigenvalue weighted by atomic mass is 16.1. The van der Waals surface area contributed by atoms with Crippen LogP contribution in [0, 0.1) is 0 Å². The summed E-state index contributed by atoms with van der Waals surface area (Å²) in [5.41, 5.74) is 0.166. The van der Waals surface area contributed by atoms with E-state index in [-0.39, 0.29) is 5.43 Å². The Morgan fingerprint density at radius 2 is 1.18 bits per heavy atom. The van der Waals surface area contributed by atoms with Gasteiger partial charge in [0.05, 0.1) is 0 Å². The third-order valence-electron chi connectivity index (χ3n) is 5.08. The van der Waals surface area contributed by atoms with Crippen LogP contribution in [0.3, 0.4) is 0 Å². The molecule has 0 atom stereocenters. The summed E-state index contributed by atoms with van der Waals surface area (Å²) in [6.45, 7) is 0. The average molecular weight is 278 g/mol. The summed E-state index contributed by atoms with van der Waals surface area (Å²) in [5.74, 6) is 0. The quantitative estimate of drug-likeness (QED) is 0.278. The first-order chi connectivity index (χ1) is 10.8. The number of rotatable bonds is 0. The molecule has 0 aliphatic carbocycles. The van der Waals surface area contributed by atoms with Crippen LogP contribution in [0.25, 0.3) is 53.9 Å². The molecule has 0 aliphatic heterocycles. The van der Waals surface area contributed by atoms with Gasteiger partial charge in [0.1, 0.15) is 0 Å². The zero-order valence-corrected chi connectivity index (χ0v) is 11.7. The van der Waals surface area contributed by atoms with Gasteiger partial charge in [-0.05, 0) is 44.5 Å². The van der Waals surface area contributed by atoms with Crippen molar-refractivity contribution in [2.24, 2.45) is 0 Å². The Hall–Kier alpha value is -2.93. The maximum Gasteiger partial charge on any atom is 0.194 e. The van der Waals surface area contributed by atoms with Crippen molar-refractivity contribution in [2.75, 3.05) is 0 Å². The Balaban J connectivity index is 2.20. The van der Waals surface area contributed by atoms with E-state index in [1.54, 1.807) is 0 Å². The van der Waals surface area contributed by atoms with Crippen LogP contribution in [0.2, 0.25) is 0 Å². The molecule has 6 aromatic rings. The minimum Gasteiger partial charge on any atom is -0.289 e. The van der Waals surface area contributed by atoms with Gasteiger partial charge >= 0.3 is 0 Å². The molecule has 6 aromatic carbocycles. The number of hydrogen-bond donors (Lipinski definition) is 0. The van der Waals surface area contributed by atoms with Crippen molar-refractivity contribution in [3.63, 3.8) is 0 Å². The first kappa shape index (κ1) is 10.7. The topological polar surface area (TPSA) is 17.1 Å². The Morgan fingerprint density at radius 3 is 2.09 bits per heavy atom. The summed E-state index contributed by atoms with van der Waals surface area (Å²) in [6, 6.07) is 21.0. The molecule has 0 unspecified atom stereocenters. The third kappa shape index (κ3) is 1.01. The van der Waals surface area contributed by atoms with Crippen LogP contribution in [0.4, 0.5) is 0 Å². The molecule has 0 radical (unpaired) electrons. The smallest absolute Gasteiger partial charge is 0.194 e. The molecule has 6 rings (SSSR count). The monoisotopic (exact) mass is 278 g/mol. The molecule has 0 saturated heterocycles. The van der Waals surface area contributed by atoms with Crippen molar-refractivity contribution < 1.29 is 0 Å². The molecule has 0 N–H and O–H groups in total. The van der Waals surface area contributed by atoms with Crippen LogP contribution in [0.1, 0.15) is 0 Å². The van der Waals surface area contributed by atoms with E-state index in [1.807, 2.05) is 12.1 Å². The van der Waals surface area contributed by atoms with Gasteiger partial charge in [0, 0.05) is 21.5 Å². The van der Waals surface area contributed by atoms with Gasteiger partial charge in [-0.3, -0.25) is 4.79 Å². The molecule has 0 aromatic heterocycles. The maximum atomic E-state index is 12.8. The maximum absolute atomic E-state index is 12.8. The van der Waals surface area contributed by atoms with Crippen molar-refractivity contribution in [1.29, 1.82) is 0 Å². The second-order valence-corrected chi connectivity index (χ2v) is 6.15. The highest BCUT2D eigenvalue weighted by Crippen LogP contribution is 2.42. The normalized spacial score (nSPS) is 12.7. The summed E-state index contributed by atoms with van der Waals surface area (Å²) in [7, 11) is 0. The molecule has 22 heavy (non-hydrogen) atoms. The third-order valence-corrected chi connectivity index (χ3v) is 5.08. The molecule has 0 fully saturated rings. The molecular formula is C21H10O. The van der Waals surface area contributed by atoms with Crippen LogP contribution >= 0.6 is 0 Å². The van der Waals surface area contributed by atoms with E-state index in [4.69, 9.17) is 0 Å². The van der Waals surface area contributed by atoms with Crippen molar-refractivity contribution in [3.05, 3.63) is 70.9 Å². The van der Waals surface area contributed by atoms with E-state index in [9.17, 15) is 4.79 Å². The second-order valence-electron chi connectivity index (χ2n) is 6.15. The Bertz CT molecular complexity index is 1380. The molecular weight excluding hydrogens is 268 g/mol. The Labute approximate surface area is 125 Å². The van der Waals surface area contributed by atoms with Gasteiger partial charge in [-0.25, -0.2) is 0 Å².